The van der Waals surface area contributed by atoms with Crippen molar-refractivity contribution in [2.45, 2.75) is 37.4 Å². The molecule has 33 heavy (non-hydrogen) atoms. The van der Waals surface area contributed by atoms with E-state index in [-0.39, 0.29) is 12.8 Å². The molecule has 0 fully saturated rings. The summed E-state index contributed by atoms with van der Waals surface area (Å²) in [6, 6.07) is -3.92. The van der Waals surface area contributed by atoms with Crippen molar-refractivity contribution in [3.8, 4) is 0 Å². The summed E-state index contributed by atoms with van der Waals surface area (Å²) in [5, 5.41) is 24.7. The van der Waals surface area contributed by atoms with Gasteiger partial charge in [0, 0.05) is 36.6 Å². The third kappa shape index (κ3) is 8.41. The van der Waals surface area contributed by atoms with Crippen LogP contribution in [0.1, 0.15) is 17.8 Å². The molecule has 178 valence electrons. The molecule has 2 rings (SSSR count). The van der Waals surface area contributed by atoms with Gasteiger partial charge in [-0.1, -0.05) is 0 Å². The van der Waals surface area contributed by atoms with Gasteiger partial charge in [-0.3, -0.25) is 24.0 Å². The van der Waals surface area contributed by atoms with E-state index in [0.717, 1.165) is 0 Å². The number of rotatable bonds is 13. The van der Waals surface area contributed by atoms with E-state index in [1.807, 2.05) is 0 Å². The van der Waals surface area contributed by atoms with Gasteiger partial charge in [0.1, 0.15) is 18.6 Å². The van der Waals surface area contributed by atoms with Gasteiger partial charge in [-0.15, -0.1) is 0 Å². The lowest BCUT2D eigenvalue weighted by molar-refractivity contribution is -0.141. The largest absolute Gasteiger partial charge is 0.481 e. The summed E-state index contributed by atoms with van der Waals surface area (Å²) in [7, 11) is 0. The molecule has 3 unspecified atom stereocenters. The molecule has 0 saturated heterocycles. The quantitative estimate of drug-likeness (QED) is 0.148. The maximum absolute atomic E-state index is 12.8. The molecular formula is C18H24N8O7. The number of nitrogens with one attached hydrogen (secondary N) is 5. The SMILES string of the molecule is NC(Cc1cnc[nH]1)C(=O)NC(CC(=O)O)C(=O)NC(Cc1cnc[nH]1)C(=O)NCC(=O)O. The molecule has 15 nitrogen and oxygen atoms in total. The number of aromatic amines is 2. The fourth-order valence-corrected chi connectivity index (χ4v) is 2.77. The summed E-state index contributed by atoms with van der Waals surface area (Å²) < 4.78 is 0. The average molecular weight is 464 g/mol. The van der Waals surface area contributed by atoms with Crippen LogP contribution in [0.15, 0.2) is 25.0 Å². The van der Waals surface area contributed by atoms with Gasteiger partial charge in [-0.2, -0.15) is 0 Å². The number of carbonyl (C=O) groups excluding carboxylic acids is 3. The highest BCUT2D eigenvalue weighted by molar-refractivity contribution is 5.95. The summed E-state index contributed by atoms with van der Waals surface area (Å²) >= 11 is 0. The monoisotopic (exact) mass is 464 g/mol. The number of carboxylic acids is 2. The Labute approximate surface area is 186 Å². The molecule has 2 aromatic rings. The molecule has 0 saturated carbocycles. The Kier molecular flexibility index (Phi) is 9.05. The third-order valence-corrected chi connectivity index (χ3v) is 4.37. The Morgan fingerprint density at radius 3 is 1.94 bits per heavy atom. The minimum Gasteiger partial charge on any atom is -0.481 e. The number of hydrogen-bond acceptors (Lipinski definition) is 8. The van der Waals surface area contributed by atoms with Crippen molar-refractivity contribution in [3.63, 3.8) is 0 Å². The summed E-state index contributed by atoms with van der Waals surface area (Å²) in [5.41, 5.74) is 6.84. The highest BCUT2D eigenvalue weighted by Crippen LogP contribution is 2.03. The zero-order valence-corrected chi connectivity index (χ0v) is 17.3. The molecule has 3 atom stereocenters. The van der Waals surface area contributed by atoms with E-state index in [1.165, 1.54) is 25.0 Å². The smallest absolute Gasteiger partial charge is 0.322 e. The molecule has 15 heteroatoms. The Balaban J connectivity index is 2.09. The first kappa shape index (κ1) is 25.0. The highest BCUT2D eigenvalue weighted by atomic mass is 16.4. The van der Waals surface area contributed by atoms with Crippen LogP contribution in [0.5, 0.6) is 0 Å². The van der Waals surface area contributed by atoms with Gasteiger partial charge in [0.25, 0.3) is 0 Å². The standard InChI is InChI=1S/C18H24N8O7/c19-11(1-9-4-20-7-23-9)16(31)25-13(3-14(27)28)18(33)26-12(2-10-5-21-8-24-10)17(32)22-6-15(29)30/h4-5,7-8,11-13H,1-3,6,19H2,(H,20,23)(H,21,24)(H,22,32)(H,25,31)(H,26,33)(H,27,28)(H,29,30). The van der Waals surface area contributed by atoms with E-state index in [2.05, 4.69) is 35.9 Å². The van der Waals surface area contributed by atoms with Crippen LogP contribution in [0.3, 0.4) is 0 Å². The minimum atomic E-state index is -1.54. The Morgan fingerprint density at radius 2 is 1.42 bits per heavy atom. The molecule has 0 aromatic carbocycles. The molecule has 0 aliphatic carbocycles. The van der Waals surface area contributed by atoms with Gasteiger partial charge in [0.05, 0.1) is 25.1 Å². The number of carbonyl (C=O) groups is 5. The lowest BCUT2D eigenvalue weighted by atomic mass is 10.1. The highest BCUT2D eigenvalue weighted by Gasteiger charge is 2.30. The van der Waals surface area contributed by atoms with Crippen molar-refractivity contribution in [1.29, 1.82) is 0 Å². The predicted octanol–water partition coefficient (Wildman–Crippen LogP) is -3.11. The molecule has 0 bridgehead atoms. The van der Waals surface area contributed by atoms with Gasteiger partial charge in [0.15, 0.2) is 0 Å². The second kappa shape index (κ2) is 11.9. The molecule has 2 heterocycles. The fraction of sp³-hybridized carbons (Fsp3) is 0.389. The van der Waals surface area contributed by atoms with Gasteiger partial charge in [-0.05, 0) is 0 Å². The Morgan fingerprint density at radius 1 is 0.848 bits per heavy atom. The van der Waals surface area contributed by atoms with Gasteiger partial charge >= 0.3 is 11.9 Å². The predicted molar refractivity (Wildman–Crippen MR) is 109 cm³/mol. The van der Waals surface area contributed by atoms with Gasteiger partial charge < -0.3 is 41.9 Å². The number of nitrogens with two attached hydrogens (primary N) is 1. The number of imidazole rings is 2. The van der Waals surface area contributed by atoms with Crippen LogP contribution in [0.25, 0.3) is 0 Å². The number of aliphatic carboxylic acids is 2. The van der Waals surface area contributed by atoms with Crippen LogP contribution in [0.2, 0.25) is 0 Å². The van der Waals surface area contributed by atoms with E-state index in [1.54, 1.807) is 0 Å². The lowest BCUT2D eigenvalue weighted by Crippen LogP contribution is -2.57. The molecule has 0 spiro atoms. The van der Waals surface area contributed by atoms with Crippen LogP contribution in [0, 0.1) is 0 Å². The summed E-state index contributed by atoms with van der Waals surface area (Å²) in [5.74, 6) is -5.24. The van der Waals surface area contributed by atoms with Crippen molar-refractivity contribution in [2.75, 3.05) is 6.54 Å². The molecule has 0 radical (unpaired) electrons. The van der Waals surface area contributed by atoms with Crippen molar-refractivity contribution < 1.29 is 34.2 Å². The second-order valence-electron chi connectivity index (χ2n) is 7.00. The van der Waals surface area contributed by atoms with E-state index >= 15 is 0 Å². The van der Waals surface area contributed by atoms with Crippen LogP contribution in [-0.2, 0) is 36.8 Å². The lowest BCUT2D eigenvalue weighted by Gasteiger charge is -2.23. The molecule has 9 N–H and O–H groups in total. The zero-order valence-electron chi connectivity index (χ0n) is 17.3. The molecule has 0 aliphatic rings. The summed E-state index contributed by atoms with van der Waals surface area (Å²) in [6.45, 7) is -0.689. The maximum atomic E-state index is 12.8. The second-order valence-corrected chi connectivity index (χ2v) is 7.00. The zero-order chi connectivity index (χ0) is 24.4. The van der Waals surface area contributed by atoms with Gasteiger partial charge in [-0.25, -0.2) is 9.97 Å². The number of nitrogens with zero attached hydrogens (tertiary/aromatic N) is 2. The van der Waals surface area contributed by atoms with Crippen molar-refractivity contribution in [1.82, 2.24) is 35.9 Å². The van der Waals surface area contributed by atoms with Crippen LogP contribution >= 0.6 is 0 Å². The first-order chi connectivity index (χ1) is 15.7. The molecular weight excluding hydrogens is 440 g/mol. The number of hydrogen-bond donors (Lipinski definition) is 8. The Bertz CT molecular complexity index is 961. The third-order valence-electron chi connectivity index (χ3n) is 4.37. The Hall–Kier alpha value is -4.27. The maximum Gasteiger partial charge on any atom is 0.322 e. The van der Waals surface area contributed by atoms with Gasteiger partial charge in [0.2, 0.25) is 17.7 Å². The van der Waals surface area contributed by atoms with Crippen molar-refractivity contribution >= 4 is 29.7 Å². The van der Waals surface area contributed by atoms with Crippen LogP contribution in [0.4, 0.5) is 0 Å². The average Bonchev–Trinajstić information content (AvgIpc) is 3.44. The molecule has 3 amide bonds. The normalized spacial score (nSPS) is 13.4. The first-order valence-corrected chi connectivity index (χ1v) is 9.67. The number of amides is 3. The van der Waals surface area contributed by atoms with E-state index < -0.39 is 60.8 Å². The number of carboxylic acid groups (broad SMARTS) is 2. The van der Waals surface area contributed by atoms with E-state index in [9.17, 15) is 24.0 Å². The molecule has 2 aromatic heterocycles. The minimum absolute atomic E-state index is 0.0628. The molecule has 0 aliphatic heterocycles. The van der Waals surface area contributed by atoms with Crippen molar-refractivity contribution in [2.24, 2.45) is 5.73 Å². The van der Waals surface area contributed by atoms with Crippen LogP contribution in [-0.4, -0.2) is 84.5 Å². The first-order valence-electron chi connectivity index (χ1n) is 9.67. The van der Waals surface area contributed by atoms with Crippen LogP contribution < -0.4 is 21.7 Å². The van der Waals surface area contributed by atoms with E-state index in [4.69, 9.17) is 15.9 Å². The number of H-pyrrole nitrogens is 2. The van der Waals surface area contributed by atoms with Crippen molar-refractivity contribution in [3.05, 3.63) is 36.4 Å². The summed E-state index contributed by atoms with van der Waals surface area (Å²) in [4.78, 5) is 72.7. The van der Waals surface area contributed by atoms with E-state index in [0.29, 0.717) is 11.4 Å². The summed E-state index contributed by atoms with van der Waals surface area (Å²) in [6.07, 6.45) is 4.80. The topological polar surface area (TPSA) is 245 Å². The number of aromatic nitrogens is 4. The fourth-order valence-electron chi connectivity index (χ4n) is 2.77.